The molecule has 4 heteroatoms. The van der Waals surface area contributed by atoms with Crippen LogP contribution < -0.4 is 0 Å². The summed E-state index contributed by atoms with van der Waals surface area (Å²) in [5.74, 6) is 0.632. The third kappa shape index (κ3) is 5.07. The number of hydrogen-bond donors (Lipinski definition) is 0. The van der Waals surface area contributed by atoms with E-state index in [0.29, 0.717) is 11.8 Å². The molecule has 0 nitrogen and oxygen atoms in total. The summed E-state index contributed by atoms with van der Waals surface area (Å²) in [6.07, 6.45) is 4.99. The summed E-state index contributed by atoms with van der Waals surface area (Å²) in [7, 11) is 17.6. The van der Waals surface area contributed by atoms with E-state index in [-0.39, 0.29) is 7.35 Å². The van der Waals surface area contributed by atoms with E-state index in [1.165, 1.54) is 77.2 Å². The van der Waals surface area contributed by atoms with Crippen molar-refractivity contribution >= 4 is 56.3 Å². The molecule has 0 spiro atoms. The number of halogens is 2. The van der Waals surface area contributed by atoms with Crippen molar-refractivity contribution in [3.8, 4) is 22.3 Å². The standard InChI is InChI=1S/2C22H19.C2H6Si.2ClH.Hf/c2*1-15(2)18-13-17-9-6-12-21(22(17)14-18)20-11-5-8-16-7-3-4-10-19(16)20;1-3-2;;;/h2*3-15H,1-2H3;1-2H3;2*1H;/q;;;;;+2/p-2. The molecule has 0 N–H and O–H groups in total. The molecule has 250 valence electrons. The fraction of sp³-hybridized carbons (Fsp3) is 0.217. The second-order valence-electron chi connectivity index (χ2n) is 15.3. The van der Waals surface area contributed by atoms with Gasteiger partial charge >= 0.3 is 308 Å². The van der Waals surface area contributed by atoms with Gasteiger partial charge in [-0.25, -0.2) is 0 Å². The van der Waals surface area contributed by atoms with Crippen LogP contribution in [0.25, 0.3) is 56.0 Å². The molecule has 0 amide bonds. The Bertz CT molecular complexity index is 2320. The van der Waals surface area contributed by atoms with Crippen LogP contribution in [0.3, 0.4) is 0 Å². The molecule has 2 aliphatic rings. The van der Waals surface area contributed by atoms with Crippen molar-refractivity contribution in [1.29, 1.82) is 0 Å². The molecule has 6 aromatic carbocycles. The van der Waals surface area contributed by atoms with Gasteiger partial charge in [0.1, 0.15) is 0 Å². The van der Waals surface area contributed by atoms with Crippen molar-refractivity contribution < 1.29 is 14.8 Å². The molecule has 0 aromatic heterocycles. The maximum atomic E-state index is 8.81. The maximum absolute atomic E-state index is 8.81. The monoisotopic (exact) mass is 874 g/mol. The Morgan fingerprint density at radius 3 is 1.24 bits per heavy atom. The van der Waals surface area contributed by atoms with Gasteiger partial charge in [0.05, 0.1) is 0 Å². The van der Waals surface area contributed by atoms with Gasteiger partial charge in [-0.05, 0) is 0 Å². The molecule has 50 heavy (non-hydrogen) atoms. The van der Waals surface area contributed by atoms with Crippen LogP contribution in [0.4, 0.5) is 0 Å². The van der Waals surface area contributed by atoms with Gasteiger partial charge in [0, 0.05) is 0 Å². The van der Waals surface area contributed by atoms with Crippen molar-refractivity contribution in [2.45, 2.75) is 48.1 Å². The molecule has 0 fully saturated rings. The summed E-state index contributed by atoms with van der Waals surface area (Å²) in [6.45, 7) is 14.2. The summed E-state index contributed by atoms with van der Waals surface area (Å²) < 4.78 is 0.0897. The van der Waals surface area contributed by atoms with Crippen LogP contribution in [0, 0.1) is 11.8 Å². The molecule has 2 aliphatic carbocycles. The van der Waals surface area contributed by atoms with Crippen LogP contribution >= 0.6 is 17.2 Å². The van der Waals surface area contributed by atoms with Gasteiger partial charge in [-0.1, -0.05) is 0 Å². The van der Waals surface area contributed by atoms with E-state index in [1.807, 2.05) is 0 Å². The normalized spacial score (nSPS) is 17.3. The van der Waals surface area contributed by atoms with Crippen molar-refractivity contribution in [2.24, 2.45) is 11.8 Å². The van der Waals surface area contributed by atoms with E-state index in [9.17, 15) is 0 Å². The number of benzene rings is 6. The third-order valence-electron chi connectivity index (χ3n) is 11.7. The van der Waals surface area contributed by atoms with Gasteiger partial charge in [-0.3, -0.25) is 0 Å². The van der Waals surface area contributed by atoms with Crippen LogP contribution in [-0.4, -0.2) is 5.49 Å². The van der Waals surface area contributed by atoms with E-state index in [1.54, 1.807) is 0 Å². The molecular formula is C46H44Cl2HfSi. The van der Waals surface area contributed by atoms with Crippen LogP contribution in [0.5, 0.6) is 0 Å². The second-order valence-corrected chi connectivity index (χ2v) is 69.4. The Labute approximate surface area is 305 Å². The van der Waals surface area contributed by atoms with E-state index in [4.69, 9.17) is 17.2 Å². The van der Waals surface area contributed by atoms with Crippen molar-refractivity contribution in [1.82, 2.24) is 0 Å². The van der Waals surface area contributed by atoms with Crippen LogP contribution in [0.2, 0.25) is 13.1 Å². The zero-order valence-corrected chi connectivity index (χ0v) is 35.9. The average molecular weight is 874 g/mol. The Morgan fingerprint density at radius 2 is 0.840 bits per heavy atom. The summed E-state index contributed by atoms with van der Waals surface area (Å²) in [6, 6.07) is 44.6. The first-order valence-electron chi connectivity index (χ1n) is 18.0. The zero-order valence-electron chi connectivity index (χ0n) is 29.8. The predicted octanol–water partition coefficient (Wildman–Crippen LogP) is 14.5. The minimum absolute atomic E-state index is 0.0449. The van der Waals surface area contributed by atoms with E-state index >= 15 is 0 Å². The fourth-order valence-electron chi connectivity index (χ4n) is 9.17. The molecule has 2 unspecified atom stereocenters. The number of fused-ring (bicyclic) bond motifs is 4. The Kier molecular flexibility index (Phi) is 8.58. The van der Waals surface area contributed by atoms with Crippen LogP contribution in [0.1, 0.15) is 57.3 Å². The average Bonchev–Trinajstić information content (AvgIpc) is 3.73. The number of allylic oxidation sites excluding steroid dienone is 2. The van der Waals surface area contributed by atoms with E-state index < -0.39 is 20.3 Å². The third-order valence-corrected chi connectivity index (χ3v) is 76.9. The molecule has 0 radical (unpaired) electrons. The van der Waals surface area contributed by atoms with Gasteiger partial charge < -0.3 is 0 Å². The molecule has 2 atom stereocenters. The summed E-state index contributed by atoms with van der Waals surface area (Å²) in [4.78, 5) is 0. The van der Waals surface area contributed by atoms with Crippen LogP contribution in [-0.2, 0) is 14.8 Å². The van der Waals surface area contributed by atoms with Gasteiger partial charge in [-0.2, -0.15) is 0 Å². The van der Waals surface area contributed by atoms with Crippen molar-refractivity contribution in [2.75, 3.05) is 0 Å². The van der Waals surface area contributed by atoms with Gasteiger partial charge in [-0.15, -0.1) is 0 Å². The zero-order chi connectivity index (χ0) is 35.0. The van der Waals surface area contributed by atoms with Gasteiger partial charge in [0.25, 0.3) is 0 Å². The summed E-state index contributed by atoms with van der Waals surface area (Å²) in [5, 5.41) is 5.07. The topological polar surface area (TPSA) is 0 Å². The fourth-order valence-corrected chi connectivity index (χ4v) is 50.5. The predicted molar refractivity (Wildman–Crippen MR) is 219 cm³/mol. The molecule has 0 heterocycles. The quantitative estimate of drug-likeness (QED) is 0.146. The van der Waals surface area contributed by atoms with E-state index in [2.05, 4.69) is 174 Å². The SMILES string of the molecule is CC(C)C1=Cc2c(-c3cccc4ccccc34)cccc2[CH]1[Hf]([Cl])([Cl])([CH]1C(C(C)C)=Cc2c(-c3cccc4ccccc34)cccc21)=[Si](C)C. The Morgan fingerprint density at radius 1 is 0.480 bits per heavy atom. The molecule has 8 rings (SSSR count). The van der Waals surface area contributed by atoms with Gasteiger partial charge in [0.2, 0.25) is 0 Å². The molecule has 0 bridgehead atoms. The van der Waals surface area contributed by atoms with Crippen molar-refractivity contribution in [3.05, 3.63) is 155 Å². The second kappa shape index (κ2) is 12.6. The first kappa shape index (κ1) is 34.1. The number of rotatable bonds is 6. The molecule has 0 aliphatic heterocycles. The first-order chi connectivity index (χ1) is 24.0. The minimum atomic E-state index is -5.16. The Balaban J connectivity index is 1.39. The molecule has 0 saturated carbocycles. The molecular weight excluding hydrogens is 830 g/mol. The molecule has 0 saturated heterocycles. The Hall–Kier alpha value is -3.01. The summed E-state index contributed by atoms with van der Waals surface area (Å²) >= 11 is -5.16. The van der Waals surface area contributed by atoms with Gasteiger partial charge in [0.15, 0.2) is 0 Å². The number of hydrogen-bond acceptors (Lipinski definition) is 0. The molecule has 6 aromatic rings. The van der Waals surface area contributed by atoms with Crippen molar-refractivity contribution in [3.63, 3.8) is 0 Å². The summed E-state index contributed by atoms with van der Waals surface area (Å²) in [5.41, 5.74) is 12.0. The first-order valence-corrected chi connectivity index (χ1v) is 39.0. The van der Waals surface area contributed by atoms with Crippen LogP contribution in [0.15, 0.2) is 132 Å². The van der Waals surface area contributed by atoms with E-state index in [0.717, 1.165) is 0 Å².